The lowest BCUT2D eigenvalue weighted by atomic mass is 9.93. The molecule has 4 rings (SSSR count). The molecule has 4 unspecified atom stereocenters. The molecular formula is C24H27NO4. The molecular weight excluding hydrogens is 366 g/mol. The third-order valence-electron chi connectivity index (χ3n) is 5.80. The minimum atomic E-state index is -1.44. The highest BCUT2D eigenvalue weighted by molar-refractivity contribution is 5.84. The van der Waals surface area contributed by atoms with Crippen LogP contribution in [0.1, 0.15) is 17.5 Å². The molecule has 1 saturated carbocycles. The molecule has 1 N–H and O–H groups in total. The fraction of sp³-hybridized carbons (Fsp3) is 0.375. The van der Waals surface area contributed by atoms with Gasteiger partial charge in [0.25, 0.3) is 0 Å². The normalized spacial score (nSPS) is 28.1. The van der Waals surface area contributed by atoms with E-state index in [0.29, 0.717) is 19.6 Å². The fourth-order valence-corrected chi connectivity index (χ4v) is 4.17. The first-order valence-corrected chi connectivity index (χ1v) is 10.1. The Morgan fingerprint density at radius 3 is 2.31 bits per heavy atom. The van der Waals surface area contributed by atoms with Crippen molar-refractivity contribution in [2.75, 3.05) is 13.2 Å². The summed E-state index contributed by atoms with van der Waals surface area (Å²) in [6.07, 6.45) is 2.33. The van der Waals surface area contributed by atoms with E-state index in [0.717, 1.165) is 11.1 Å². The topological polar surface area (TPSA) is 59.0 Å². The van der Waals surface area contributed by atoms with E-state index in [1.165, 1.54) is 0 Å². The molecule has 1 amide bonds. The van der Waals surface area contributed by atoms with E-state index >= 15 is 0 Å². The fourth-order valence-electron chi connectivity index (χ4n) is 4.17. The third kappa shape index (κ3) is 4.13. The SMILES string of the molecule is C=CCN1C(=O)C2CC2C(O)(OCc2ccccc2)C1COCc1ccccc1. The highest BCUT2D eigenvalue weighted by Crippen LogP contribution is 2.54. The molecule has 5 heteroatoms. The second-order valence-electron chi connectivity index (χ2n) is 7.77. The van der Waals surface area contributed by atoms with Crippen LogP contribution in [0.15, 0.2) is 73.3 Å². The third-order valence-corrected chi connectivity index (χ3v) is 5.80. The summed E-state index contributed by atoms with van der Waals surface area (Å²) in [6.45, 7) is 5.03. The average molecular weight is 393 g/mol. The Morgan fingerprint density at radius 2 is 1.69 bits per heavy atom. The van der Waals surface area contributed by atoms with Crippen LogP contribution in [0.5, 0.6) is 0 Å². The number of benzene rings is 2. The lowest BCUT2D eigenvalue weighted by Crippen LogP contribution is -2.63. The standard InChI is InChI=1S/C24H27NO4/c1-2-13-25-22(17-28-15-18-9-5-3-6-10-18)24(27,21-14-20(21)23(25)26)29-16-19-11-7-4-8-12-19/h2-12,20-22,27H,1,13-17H2. The van der Waals surface area contributed by atoms with Crippen LogP contribution in [0.3, 0.4) is 0 Å². The number of nitrogens with zero attached hydrogens (tertiary/aromatic N) is 1. The van der Waals surface area contributed by atoms with Crippen LogP contribution in [0.25, 0.3) is 0 Å². The molecule has 5 nitrogen and oxygen atoms in total. The molecule has 1 aliphatic heterocycles. The second kappa shape index (κ2) is 8.49. The van der Waals surface area contributed by atoms with E-state index in [-0.39, 0.29) is 31.0 Å². The van der Waals surface area contributed by atoms with Crippen LogP contribution >= 0.6 is 0 Å². The maximum Gasteiger partial charge on any atom is 0.226 e. The van der Waals surface area contributed by atoms with E-state index in [1.807, 2.05) is 60.7 Å². The number of aliphatic hydroxyl groups is 1. The molecule has 1 saturated heterocycles. The van der Waals surface area contributed by atoms with Crippen molar-refractivity contribution >= 4 is 5.91 Å². The van der Waals surface area contributed by atoms with Gasteiger partial charge in [-0.1, -0.05) is 66.7 Å². The number of rotatable bonds is 9. The Hall–Kier alpha value is -2.47. The van der Waals surface area contributed by atoms with Crippen LogP contribution in [-0.2, 0) is 27.5 Å². The molecule has 0 aromatic heterocycles. The van der Waals surface area contributed by atoms with Crippen LogP contribution < -0.4 is 0 Å². The van der Waals surface area contributed by atoms with E-state index in [4.69, 9.17) is 9.47 Å². The quantitative estimate of drug-likeness (QED) is 0.525. The number of carbonyl (C=O) groups is 1. The number of hydrogen-bond donors (Lipinski definition) is 1. The number of fused-ring (bicyclic) bond motifs is 1. The van der Waals surface area contributed by atoms with Gasteiger partial charge in [-0.3, -0.25) is 4.79 Å². The lowest BCUT2D eigenvalue weighted by molar-refractivity contribution is -0.276. The summed E-state index contributed by atoms with van der Waals surface area (Å²) >= 11 is 0. The van der Waals surface area contributed by atoms with Gasteiger partial charge in [-0.2, -0.15) is 0 Å². The minimum absolute atomic E-state index is 0.0520. The minimum Gasteiger partial charge on any atom is -0.374 e. The Morgan fingerprint density at radius 1 is 1.07 bits per heavy atom. The highest BCUT2D eigenvalue weighted by Gasteiger charge is 2.66. The van der Waals surface area contributed by atoms with Gasteiger partial charge in [0.2, 0.25) is 5.91 Å². The van der Waals surface area contributed by atoms with Gasteiger partial charge in [-0.25, -0.2) is 0 Å². The zero-order valence-electron chi connectivity index (χ0n) is 16.4. The molecule has 4 atom stereocenters. The second-order valence-corrected chi connectivity index (χ2v) is 7.77. The molecule has 0 bridgehead atoms. The van der Waals surface area contributed by atoms with Gasteiger partial charge in [0.05, 0.1) is 19.8 Å². The first-order valence-electron chi connectivity index (χ1n) is 10.1. The van der Waals surface area contributed by atoms with Crippen molar-refractivity contribution in [2.45, 2.75) is 31.5 Å². The number of hydrogen-bond acceptors (Lipinski definition) is 4. The van der Waals surface area contributed by atoms with Gasteiger partial charge in [-0.05, 0) is 17.5 Å². The van der Waals surface area contributed by atoms with Crippen LogP contribution in [0, 0.1) is 11.8 Å². The van der Waals surface area contributed by atoms with Crippen molar-refractivity contribution in [3.8, 4) is 0 Å². The first-order chi connectivity index (χ1) is 14.1. The maximum atomic E-state index is 12.8. The zero-order valence-corrected chi connectivity index (χ0v) is 16.4. The Kier molecular flexibility index (Phi) is 5.81. The van der Waals surface area contributed by atoms with Crippen molar-refractivity contribution in [3.05, 3.63) is 84.4 Å². The summed E-state index contributed by atoms with van der Waals surface area (Å²) in [4.78, 5) is 14.5. The Bertz CT molecular complexity index is 840. The lowest BCUT2D eigenvalue weighted by Gasteiger charge is -2.45. The predicted molar refractivity (Wildman–Crippen MR) is 110 cm³/mol. The highest BCUT2D eigenvalue weighted by atomic mass is 16.6. The molecule has 2 aromatic rings. The van der Waals surface area contributed by atoms with E-state index < -0.39 is 11.8 Å². The summed E-state index contributed by atoms with van der Waals surface area (Å²) in [6, 6.07) is 19.0. The first kappa shape index (κ1) is 19.8. The molecule has 1 heterocycles. The van der Waals surface area contributed by atoms with E-state index in [1.54, 1.807) is 11.0 Å². The monoisotopic (exact) mass is 393 g/mol. The van der Waals surface area contributed by atoms with Crippen molar-refractivity contribution in [3.63, 3.8) is 0 Å². The summed E-state index contributed by atoms with van der Waals surface area (Å²) in [5, 5.41) is 11.6. The largest absolute Gasteiger partial charge is 0.374 e. The Balaban J connectivity index is 1.51. The molecule has 2 aliphatic rings. The molecule has 0 spiro atoms. The van der Waals surface area contributed by atoms with Gasteiger partial charge in [0.15, 0.2) is 5.79 Å². The van der Waals surface area contributed by atoms with Crippen molar-refractivity contribution in [2.24, 2.45) is 11.8 Å². The van der Waals surface area contributed by atoms with Crippen molar-refractivity contribution in [1.29, 1.82) is 0 Å². The van der Waals surface area contributed by atoms with E-state index in [9.17, 15) is 9.90 Å². The molecule has 152 valence electrons. The Labute approximate surface area is 171 Å². The summed E-state index contributed by atoms with van der Waals surface area (Å²) in [7, 11) is 0. The molecule has 29 heavy (non-hydrogen) atoms. The molecule has 0 radical (unpaired) electrons. The van der Waals surface area contributed by atoms with Gasteiger partial charge in [0.1, 0.15) is 6.04 Å². The van der Waals surface area contributed by atoms with Gasteiger partial charge < -0.3 is 19.5 Å². The van der Waals surface area contributed by atoms with Gasteiger partial charge in [-0.15, -0.1) is 6.58 Å². The molecule has 2 fully saturated rings. The van der Waals surface area contributed by atoms with Crippen LogP contribution in [-0.4, -0.2) is 40.9 Å². The number of likely N-dealkylation sites (tertiary alicyclic amines) is 1. The number of ether oxygens (including phenoxy) is 2. The summed E-state index contributed by atoms with van der Waals surface area (Å²) in [5.74, 6) is -1.75. The van der Waals surface area contributed by atoms with E-state index in [2.05, 4.69) is 6.58 Å². The zero-order chi connectivity index (χ0) is 20.3. The van der Waals surface area contributed by atoms with Crippen LogP contribution in [0.4, 0.5) is 0 Å². The maximum absolute atomic E-state index is 12.8. The van der Waals surface area contributed by atoms with Gasteiger partial charge >= 0.3 is 0 Å². The number of carbonyl (C=O) groups excluding carboxylic acids is 1. The predicted octanol–water partition coefficient (Wildman–Crippen LogP) is 3.14. The van der Waals surface area contributed by atoms with Crippen LogP contribution in [0.2, 0.25) is 0 Å². The number of piperidine rings is 1. The van der Waals surface area contributed by atoms with Crippen molar-refractivity contribution in [1.82, 2.24) is 4.90 Å². The summed E-state index contributed by atoms with van der Waals surface area (Å²) < 4.78 is 12.0. The summed E-state index contributed by atoms with van der Waals surface area (Å²) in [5.41, 5.74) is 2.03. The average Bonchev–Trinajstić information content (AvgIpc) is 3.56. The smallest absolute Gasteiger partial charge is 0.226 e. The number of amides is 1. The molecule has 1 aliphatic carbocycles. The van der Waals surface area contributed by atoms with Gasteiger partial charge in [0, 0.05) is 18.4 Å². The molecule has 2 aromatic carbocycles. The van der Waals surface area contributed by atoms with Crippen molar-refractivity contribution < 1.29 is 19.4 Å².